The number of hydrogen-bond donors (Lipinski definition) is 3. The number of nitrogens with zero attached hydrogens (tertiary/aromatic N) is 3. The summed E-state index contributed by atoms with van der Waals surface area (Å²) < 4.78 is 32.9. The van der Waals surface area contributed by atoms with E-state index in [4.69, 9.17) is 9.84 Å². The number of nitrogens with one attached hydrogen (secondary N) is 2. The van der Waals surface area contributed by atoms with Gasteiger partial charge in [-0.05, 0) is 45.4 Å². The average Bonchev–Trinajstić information content (AvgIpc) is 2.81. The van der Waals surface area contributed by atoms with Gasteiger partial charge in [-0.25, -0.2) is 17.9 Å². The maximum absolute atomic E-state index is 12.6. The maximum atomic E-state index is 12.6. The highest BCUT2D eigenvalue weighted by atomic mass is 32.2. The predicted octanol–water partition coefficient (Wildman–Crippen LogP) is 2.18. The second kappa shape index (κ2) is 13.3. The number of benzene rings is 1. The second-order valence-corrected chi connectivity index (χ2v) is 10.6. The molecule has 0 saturated carbocycles. The number of rotatable bonds is 13. The maximum Gasteiger partial charge on any atom is 0.410 e. The molecular formula is C23H33N5O7S. The lowest BCUT2D eigenvalue weighted by Crippen LogP contribution is -2.41. The highest BCUT2D eigenvalue weighted by Gasteiger charge is 2.25. The third-order valence-corrected chi connectivity index (χ3v) is 6.21. The molecule has 0 aliphatic carbocycles. The molecule has 0 radical (unpaired) electrons. The second-order valence-electron chi connectivity index (χ2n) is 8.89. The summed E-state index contributed by atoms with van der Waals surface area (Å²) in [6.45, 7) is 6.72. The number of aliphatic hydroxyl groups excluding tert-OH is 1. The first-order valence-electron chi connectivity index (χ1n) is 11.4. The molecule has 0 aliphatic heterocycles. The van der Waals surface area contributed by atoms with Crippen molar-refractivity contribution in [1.29, 1.82) is 0 Å². The van der Waals surface area contributed by atoms with Crippen LogP contribution in [0, 0.1) is 10.1 Å². The van der Waals surface area contributed by atoms with Crippen LogP contribution in [0.2, 0.25) is 0 Å². The fraction of sp³-hybridized carbons (Fsp3) is 0.478. The van der Waals surface area contributed by atoms with Crippen molar-refractivity contribution in [1.82, 2.24) is 19.9 Å². The molecule has 0 spiro atoms. The number of aliphatic hydroxyl groups is 1. The minimum atomic E-state index is -4.12. The van der Waals surface area contributed by atoms with Gasteiger partial charge in [0, 0.05) is 38.9 Å². The van der Waals surface area contributed by atoms with Gasteiger partial charge in [-0.1, -0.05) is 18.2 Å². The van der Waals surface area contributed by atoms with Crippen LogP contribution in [0.4, 0.5) is 10.5 Å². The number of ether oxygens (including phenoxy) is 1. The van der Waals surface area contributed by atoms with Crippen LogP contribution >= 0.6 is 0 Å². The lowest BCUT2D eigenvalue weighted by molar-refractivity contribution is -0.387. The molecule has 36 heavy (non-hydrogen) atoms. The molecule has 1 heterocycles. The van der Waals surface area contributed by atoms with Gasteiger partial charge >= 0.3 is 6.09 Å². The van der Waals surface area contributed by atoms with Crippen LogP contribution in [-0.4, -0.2) is 66.3 Å². The monoisotopic (exact) mass is 523 g/mol. The molecule has 3 N–H and O–H groups in total. The van der Waals surface area contributed by atoms with Crippen molar-refractivity contribution in [2.45, 2.75) is 50.8 Å². The van der Waals surface area contributed by atoms with E-state index in [0.717, 1.165) is 6.07 Å². The summed E-state index contributed by atoms with van der Waals surface area (Å²) in [6, 6.07) is 10.3. The van der Waals surface area contributed by atoms with Crippen LogP contribution in [0.25, 0.3) is 0 Å². The van der Waals surface area contributed by atoms with E-state index in [2.05, 4.69) is 15.0 Å². The van der Waals surface area contributed by atoms with Crippen LogP contribution in [0.15, 0.2) is 47.4 Å². The molecule has 0 atom stereocenters. The van der Waals surface area contributed by atoms with E-state index in [9.17, 15) is 23.3 Å². The number of carbonyl (C=O) groups is 1. The number of nitro benzene ring substituents is 1. The highest BCUT2D eigenvalue weighted by molar-refractivity contribution is 7.89. The van der Waals surface area contributed by atoms with Crippen molar-refractivity contribution in [3.63, 3.8) is 0 Å². The SMILES string of the molecule is CC(C)(C)OC(=O)N(CCCO)CCNCc1cccc(CNS(=O)(=O)c2ccccc2[N+](=O)[O-])n1. The normalized spacial score (nSPS) is 11.8. The van der Waals surface area contributed by atoms with Crippen LogP contribution in [0.3, 0.4) is 0 Å². The Morgan fingerprint density at radius 2 is 1.78 bits per heavy atom. The zero-order valence-electron chi connectivity index (χ0n) is 20.6. The van der Waals surface area contributed by atoms with E-state index in [1.807, 2.05) is 0 Å². The molecule has 2 rings (SSSR count). The number of sulfonamides is 1. The van der Waals surface area contributed by atoms with E-state index < -0.39 is 37.2 Å². The Morgan fingerprint density at radius 1 is 1.11 bits per heavy atom. The Bertz CT molecular complexity index is 1140. The lowest BCUT2D eigenvalue weighted by atomic mass is 10.2. The third kappa shape index (κ3) is 9.49. The van der Waals surface area contributed by atoms with Crippen LogP contribution in [-0.2, 0) is 27.8 Å². The minimum Gasteiger partial charge on any atom is -0.444 e. The predicted molar refractivity (Wildman–Crippen MR) is 133 cm³/mol. The van der Waals surface area contributed by atoms with Gasteiger partial charge in [-0.3, -0.25) is 15.1 Å². The standard InChI is InChI=1S/C23H33N5O7S/c1-23(2,3)35-22(30)27(13-7-15-29)14-12-24-16-18-8-6-9-19(26-18)17-25-36(33,34)21-11-5-4-10-20(21)28(31)32/h4-6,8-11,24-25,29H,7,12-17H2,1-3H3. The molecular weight excluding hydrogens is 490 g/mol. The number of pyridine rings is 1. The zero-order chi connectivity index (χ0) is 26.8. The molecule has 1 aromatic heterocycles. The van der Waals surface area contributed by atoms with Crippen molar-refractivity contribution in [2.24, 2.45) is 0 Å². The third-order valence-electron chi connectivity index (χ3n) is 4.76. The summed E-state index contributed by atoms with van der Waals surface area (Å²) in [5, 5.41) is 23.4. The molecule has 0 bridgehead atoms. The largest absolute Gasteiger partial charge is 0.444 e. The van der Waals surface area contributed by atoms with Crippen molar-refractivity contribution in [2.75, 3.05) is 26.2 Å². The van der Waals surface area contributed by atoms with Crippen molar-refractivity contribution in [3.8, 4) is 0 Å². The van der Waals surface area contributed by atoms with E-state index in [1.54, 1.807) is 39.0 Å². The van der Waals surface area contributed by atoms with Crippen molar-refractivity contribution >= 4 is 21.8 Å². The molecule has 0 aliphatic rings. The Labute approximate surface area is 210 Å². The molecule has 12 nitrogen and oxygen atoms in total. The Hall–Kier alpha value is -3.13. The van der Waals surface area contributed by atoms with E-state index in [1.165, 1.54) is 23.1 Å². The van der Waals surface area contributed by atoms with Gasteiger partial charge in [-0.15, -0.1) is 0 Å². The zero-order valence-corrected chi connectivity index (χ0v) is 21.5. The summed E-state index contributed by atoms with van der Waals surface area (Å²) >= 11 is 0. The molecule has 1 amide bonds. The molecule has 2 aromatic rings. The van der Waals surface area contributed by atoms with Gasteiger partial charge in [0.25, 0.3) is 5.69 Å². The van der Waals surface area contributed by atoms with Gasteiger partial charge in [-0.2, -0.15) is 0 Å². The smallest absolute Gasteiger partial charge is 0.410 e. The van der Waals surface area contributed by atoms with Crippen LogP contribution < -0.4 is 10.0 Å². The van der Waals surface area contributed by atoms with Gasteiger partial charge in [0.1, 0.15) is 5.60 Å². The summed E-state index contributed by atoms with van der Waals surface area (Å²) in [4.78, 5) is 28.3. The van der Waals surface area contributed by atoms with Crippen molar-refractivity contribution < 1.29 is 28.0 Å². The average molecular weight is 524 g/mol. The summed E-state index contributed by atoms with van der Waals surface area (Å²) in [5.74, 6) is 0. The molecule has 0 fully saturated rings. The molecule has 198 valence electrons. The van der Waals surface area contributed by atoms with Crippen LogP contribution in [0.1, 0.15) is 38.6 Å². The first kappa shape index (κ1) is 29.1. The van der Waals surface area contributed by atoms with Gasteiger partial charge in [0.15, 0.2) is 4.90 Å². The van der Waals surface area contributed by atoms with Gasteiger partial charge in [0.2, 0.25) is 10.0 Å². The Balaban J connectivity index is 1.92. The van der Waals surface area contributed by atoms with Gasteiger partial charge < -0.3 is 20.1 Å². The number of hydrogen-bond acceptors (Lipinski definition) is 9. The fourth-order valence-corrected chi connectivity index (χ4v) is 4.29. The molecule has 13 heteroatoms. The topological polar surface area (TPSA) is 164 Å². The molecule has 0 unspecified atom stereocenters. The van der Waals surface area contributed by atoms with E-state index in [-0.39, 0.29) is 13.2 Å². The number of aromatic nitrogens is 1. The molecule has 1 aromatic carbocycles. The number of para-hydroxylation sites is 1. The fourth-order valence-electron chi connectivity index (χ4n) is 3.12. The summed E-state index contributed by atoms with van der Waals surface area (Å²) in [7, 11) is -4.12. The minimum absolute atomic E-state index is 0.0369. The Morgan fingerprint density at radius 3 is 2.42 bits per heavy atom. The van der Waals surface area contributed by atoms with Gasteiger partial charge in [0.05, 0.1) is 22.9 Å². The first-order valence-corrected chi connectivity index (χ1v) is 12.9. The number of nitro groups is 1. The van der Waals surface area contributed by atoms with E-state index in [0.29, 0.717) is 44.0 Å². The van der Waals surface area contributed by atoms with Crippen molar-refractivity contribution in [3.05, 3.63) is 64.0 Å². The quantitative estimate of drug-likeness (QED) is 0.203. The van der Waals surface area contributed by atoms with Crippen LogP contribution in [0.5, 0.6) is 0 Å². The lowest BCUT2D eigenvalue weighted by Gasteiger charge is -2.27. The first-order chi connectivity index (χ1) is 16.9. The Kier molecular flexibility index (Phi) is 10.7. The van der Waals surface area contributed by atoms with E-state index >= 15 is 0 Å². The number of carbonyl (C=O) groups excluding carboxylic acids is 1. The number of amides is 1. The highest BCUT2D eigenvalue weighted by Crippen LogP contribution is 2.22. The summed E-state index contributed by atoms with van der Waals surface area (Å²) in [6.07, 6.45) is -0.0194. The summed E-state index contributed by atoms with van der Waals surface area (Å²) in [5.41, 5.74) is -0.0408. The molecule has 0 saturated heterocycles.